The van der Waals surface area contributed by atoms with E-state index < -0.39 is 0 Å². The average Bonchev–Trinajstić information content (AvgIpc) is 2.18. The molecule has 0 radical (unpaired) electrons. The third kappa shape index (κ3) is 2.10. The van der Waals surface area contributed by atoms with Crippen molar-refractivity contribution in [3.8, 4) is 5.75 Å². The number of hydrogen-bond donors (Lipinski definition) is 0. The number of benzene rings is 1. The van der Waals surface area contributed by atoms with Crippen molar-refractivity contribution in [2.24, 2.45) is 0 Å². The van der Waals surface area contributed by atoms with Crippen molar-refractivity contribution in [3.63, 3.8) is 0 Å². The molecule has 0 aromatic heterocycles. The number of hydrogen-bond acceptors (Lipinski definition) is 2. The third-order valence-electron chi connectivity index (χ3n) is 1.92. The predicted molar refractivity (Wildman–Crippen MR) is 60.9 cm³/mol. The summed E-state index contributed by atoms with van der Waals surface area (Å²) in [5.41, 5.74) is 1.41. The highest BCUT2D eigenvalue weighted by Crippen LogP contribution is 2.31. The molecule has 1 rings (SSSR count). The maximum absolute atomic E-state index is 11.4. The molecular formula is C10H10BrClO2. The Kier molecular flexibility index (Phi) is 3.96. The Labute approximate surface area is 96.3 Å². The number of ketones is 1. The van der Waals surface area contributed by atoms with Gasteiger partial charge < -0.3 is 4.74 Å². The zero-order chi connectivity index (χ0) is 10.7. The van der Waals surface area contributed by atoms with Crippen molar-refractivity contribution in [2.45, 2.75) is 6.92 Å². The van der Waals surface area contributed by atoms with Gasteiger partial charge in [-0.05, 0) is 18.6 Å². The van der Waals surface area contributed by atoms with Crippen LogP contribution in [-0.4, -0.2) is 18.2 Å². The topological polar surface area (TPSA) is 26.3 Å². The summed E-state index contributed by atoms with van der Waals surface area (Å²) in [6, 6.07) is 3.53. The lowest BCUT2D eigenvalue weighted by molar-refractivity contribution is 0.102. The average molecular weight is 278 g/mol. The Bertz CT molecular complexity index is 363. The molecule has 0 aliphatic heterocycles. The van der Waals surface area contributed by atoms with E-state index in [1.165, 1.54) is 7.11 Å². The molecule has 4 heteroatoms. The fourth-order valence-electron chi connectivity index (χ4n) is 1.19. The summed E-state index contributed by atoms with van der Waals surface area (Å²) in [5.74, 6) is 0.520. The highest BCUT2D eigenvalue weighted by atomic mass is 79.9. The second-order valence-electron chi connectivity index (χ2n) is 2.83. The largest absolute Gasteiger partial charge is 0.495 e. The number of carbonyl (C=O) groups is 1. The molecule has 0 atom stereocenters. The number of methoxy groups -OCH3 is 1. The van der Waals surface area contributed by atoms with Crippen molar-refractivity contribution < 1.29 is 9.53 Å². The molecule has 0 N–H and O–H groups in total. The maximum Gasteiger partial charge on any atom is 0.175 e. The van der Waals surface area contributed by atoms with Crippen molar-refractivity contribution in [2.75, 3.05) is 12.4 Å². The van der Waals surface area contributed by atoms with Crippen molar-refractivity contribution >= 4 is 33.3 Å². The molecule has 0 aliphatic rings. The van der Waals surface area contributed by atoms with Gasteiger partial charge in [0.25, 0.3) is 0 Å². The number of ether oxygens (including phenoxy) is 1. The Hall–Kier alpha value is -0.540. The molecule has 0 fully saturated rings. The van der Waals surface area contributed by atoms with Crippen LogP contribution >= 0.6 is 27.5 Å². The summed E-state index contributed by atoms with van der Waals surface area (Å²) < 4.78 is 5.11. The molecular weight excluding hydrogens is 267 g/mol. The van der Waals surface area contributed by atoms with Crippen LogP contribution in [0.15, 0.2) is 12.1 Å². The van der Waals surface area contributed by atoms with Gasteiger partial charge in [-0.2, -0.15) is 0 Å². The van der Waals surface area contributed by atoms with Gasteiger partial charge in [0.15, 0.2) is 5.78 Å². The number of rotatable bonds is 3. The molecule has 0 spiro atoms. The smallest absolute Gasteiger partial charge is 0.175 e. The second kappa shape index (κ2) is 4.80. The third-order valence-corrected chi connectivity index (χ3v) is 2.80. The highest BCUT2D eigenvalue weighted by molar-refractivity contribution is 9.09. The molecule has 0 heterocycles. The fourth-order valence-corrected chi connectivity index (χ4v) is 1.89. The first kappa shape index (κ1) is 11.5. The zero-order valence-electron chi connectivity index (χ0n) is 7.93. The summed E-state index contributed by atoms with van der Waals surface area (Å²) >= 11 is 9.12. The molecule has 1 aromatic carbocycles. The quantitative estimate of drug-likeness (QED) is 0.626. The van der Waals surface area contributed by atoms with Gasteiger partial charge in [-0.3, -0.25) is 4.79 Å². The minimum Gasteiger partial charge on any atom is -0.495 e. The lowest BCUT2D eigenvalue weighted by Crippen LogP contribution is -2.02. The van der Waals surface area contributed by atoms with E-state index in [1.54, 1.807) is 6.07 Å². The van der Waals surface area contributed by atoms with E-state index in [1.807, 2.05) is 13.0 Å². The van der Waals surface area contributed by atoms with Gasteiger partial charge in [0.05, 0.1) is 17.5 Å². The van der Waals surface area contributed by atoms with Gasteiger partial charge >= 0.3 is 0 Å². The van der Waals surface area contributed by atoms with E-state index in [0.29, 0.717) is 16.3 Å². The van der Waals surface area contributed by atoms with Gasteiger partial charge in [-0.25, -0.2) is 0 Å². The monoisotopic (exact) mass is 276 g/mol. The maximum atomic E-state index is 11.4. The van der Waals surface area contributed by atoms with Crippen LogP contribution in [0, 0.1) is 6.92 Å². The SMILES string of the molecule is COc1c(C)ccc(C(=O)CBr)c1Cl. The Balaban J connectivity index is 3.28. The van der Waals surface area contributed by atoms with Crippen LogP contribution in [-0.2, 0) is 0 Å². The number of halogens is 2. The van der Waals surface area contributed by atoms with Gasteiger partial charge in [0, 0.05) is 5.56 Å². The standard InChI is InChI=1S/C10H10BrClO2/c1-6-3-4-7(8(13)5-11)9(12)10(6)14-2/h3-4H,5H2,1-2H3. The molecule has 14 heavy (non-hydrogen) atoms. The minimum absolute atomic E-state index is 0.0479. The Morgan fingerprint density at radius 2 is 2.21 bits per heavy atom. The van der Waals surface area contributed by atoms with Gasteiger partial charge in [-0.1, -0.05) is 33.6 Å². The summed E-state index contributed by atoms with van der Waals surface area (Å²) in [4.78, 5) is 11.4. The van der Waals surface area contributed by atoms with Gasteiger partial charge in [-0.15, -0.1) is 0 Å². The molecule has 0 saturated carbocycles. The van der Waals surface area contributed by atoms with Crippen LogP contribution in [0.25, 0.3) is 0 Å². The number of Topliss-reactive ketones (excluding diaryl/α,β-unsaturated/α-hetero) is 1. The molecule has 0 aliphatic carbocycles. The first-order valence-corrected chi connectivity index (χ1v) is 5.54. The fraction of sp³-hybridized carbons (Fsp3) is 0.300. The molecule has 0 unspecified atom stereocenters. The number of carbonyl (C=O) groups excluding carboxylic acids is 1. The number of aryl methyl sites for hydroxylation is 1. The highest BCUT2D eigenvalue weighted by Gasteiger charge is 2.14. The first-order chi connectivity index (χ1) is 6.61. The molecule has 0 amide bonds. The summed E-state index contributed by atoms with van der Waals surface area (Å²) in [5, 5.41) is 0.649. The van der Waals surface area contributed by atoms with E-state index in [0.717, 1.165) is 5.56 Å². The first-order valence-electron chi connectivity index (χ1n) is 4.04. The molecule has 0 saturated heterocycles. The van der Waals surface area contributed by atoms with Crippen LogP contribution in [0.3, 0.4) is 0 Å². The van der Waals surface area contributed by atoms with E-state index >= 15 is 0 Å². The number of alkyl halides is 1. The van der Waals surface area contributed by atoms with Crippen molar-refractivity contribution in [1.82, 2.24) is 0 Å². The summed E-state index contributed by atoms with van der Waals surface area (Å²) in [6.07, 6.45) is 0. The normalized spacial score (nSPS) is 10.0. The molecule has 1 aromatic rings. The van der Waals surface area contributed by atoms with Gasteiger partial charge in [0.2, 0.25) is 0 Å². The van der Waals surface area contributed by atoms with E-state index in [4.69, 9.17) is 16.3 Å². The van der Waals surface area contributed by atoms with E-state index in [2.05, 4.69) is 15.9 Å². The summed E-state index contributed by atoms with van der Waals surface area (Å²) in [6.45, 7) is 1.88. The van der Waals surface area contributed by atoms with Crippen LogP contribution < -0.4 is 4.74 Å². The zero-order valence-corrected chi connectivity index (χ0v) is 10.3. The van der Waals surface area contributed by atoms with E-state index in [9.17, 15) is 4.79 Å². The molecule has 0 bridgehead atoms. The predicted octanol–water partition coefficient (Wildman–Crippen LogP) is 3.23. The van der Waals surface area contributed by atoms with Crippen LogP contribution in [0.4, 0.5) is 0 Å². The molecule has 76 valence electrons. The lowest BCUT2D eigenvalue weighted by Gasteiger charge is -2.09. The van der Waals surface area contributed by atoms with Crippen LogP contribution in [0.5, 0.6) is 5.75 Å². The van der Waals surface area contributed by atoms with Crippen molar-refractivity contribution in [1.29, 1.82) is 0 Å². The summed E-state index contributed by atoms with van der Waals surface area (Å²) in [7, 11) is 1.54. The minimum atomic E-state index is -0.0479. The molecule has 2 nitrogen and oxygen atoms in total. The van der Waals surface area contributed by atoms with Crippen molar-refractivity contribution in [3.05, 3.63) is 28.3 Å². The van der Waals surface area contributed by atoms with Gasteiger partial charge in [0.1, 0.15) is 5.75 Å². The van der Waals surface area contributed by atoms with Crippen LogP contribution in [0.1, 0.15) is 15.9 Å². The Morgan fingerprint density at radius 1 is 1.57 bits per heavy atom. The van der Waals surface area contributed by atoms with Crippen LogP contribution in [0.2, 0.25) is 5.02 Å². The Morgan fingerprint density at radius 3 is 2.71 bits per heavy atom. The van der Waals surface area contributed by atoms with E-state index in [-0.39, 0.29) is 11.1 Å². The lowest BCUT2D eigenvalue weighted by atomic mass is 10.1. The second-order valence-corrected chi connectivity index (χ2v) is 3.77.